The number of benzene rings is 8. The van der Waals surface area contributed by atoms with Gasteiger partial charge in [0, 0.05) is 38.0 Å². The average molecular weight is 639 g/mol. The van der Waals surface area contributed by atoms with Crippen molar-refractivity contribution in [2.45, 2.75) is 12.3 Å². The van der Waals surface area contributed by atoms with E-state index >= 15 is 0 Å². The van der Waals surface area contributed by atoms with Gasteiger partial charge in [-0.15, -0.1) is 0 Å². The molecule has 1 aliphatic rings. The maximum Gasteiger partial charge on any atom is 0.160 e. The molecule has 0 amide bonds. The second kappa shape index (κ2) is 9.63. The van der Waals surface area contributed by atoms with Crippen molar-refractivity contribution < 1.29 is 0 Å². The van der Waals surface area contributed by atoms with Gasteiger partial charge in [-0.3, -0.25) is 5.32 Å². The standard InChI is InChI=1S/C46H30N4/c1-2-13-27(14-3-1)43-34-19-8-9-23-36(34)47-46(48-43)49-37-24-11-20-31-33-21-10-22-35-40-30-17-6-4-15-28(30)29-16-5-7-18-32(29)45(40)50(44(33)35)39-26-12-25-38(49)42(39)41(31)37/h1-26,43,46-48H. The van der Waals surface area contributed by atoms with E-state index in [1.54, 1.807) is 0 Å². The van der Waals surface area contributed by atoms with Crippen LogP contribution in [0.15, 0.2) is 158 Å². The van der Waals surface area contributed by atoms with Gasteiger partial charge in [0.2, 0.25) is 0 Å². The summed E-state index contributed by atoms with van der Waals surface area (Å²) in [4.78, 5) is 0. The predicted octanol–water partition coefficient (Wildman–Crippen LogP) is 11.5. The molecule has 12 rings (SSSR count). The minimum Gasteiger partial charge on any atom is -0.352 e. The molecule has 0 radical (unpaired) electrons. The minimum absolute atomic E-state index is 0.0406. The third-order valence-electron chi connectivity index (χ3n) is 11.3. The van der Waals surface area contributed by atoms with Gasteiger partial charge in [-0.2, -0.15) is 0 Å². The highest BCUT2D eigenvalue weighted by Gasteiger charge is 2.31. The molecule has 1 aliphatic heterocycles. The van der Waals surface area contributed by atoms with Crippen LogP contribution in [-0.2, 0) is 0 Å². The highest BCUT2D eigenvalue weighted by Crippen LogP contribution is 2.48. The molecule has 4 nitrogen and oxygen atoms in total. The van der Waals surface area contributed by atoms with E-state index in [2.05, 4.69) is 177 Å². The molecule has 2 N–H and O–H groups in total. The Hall–Kier alpha value is -6.36. The second-order valence-corrected chi connectivity index (χ2v) is 13.7. The Kier molecular flexibility index (Phi) is 5.12. The molecule has 0 saturated heterocycles. The van der Waals surface area contributed by atoms with Crippen molar-refractivity contribution in [1.82, 2.24) is 14.3 Å². The van der Waals surface area contributed by atoms with Crippen molar-refractivity contribution in [1.29, 1.82) is 0 Å². The van der Waals surface area contributed by atoms with E-state index in [-0.39, 0.29) is 12.3 Å². The Morgan fingerprint density at radius 3 is 1.82 bits per heavy atom. The van der Waals surface area contributed by atoms with Gasteiger partial charge in [0.15, 0.2) is 6.29 Å². The molecule has 50 heavy (non-hydrogen) atoms. The van der Waals surface area contributed by atoms with E-state index in [1.807, 2.05) is 0 Å². The molecule has 234 valence electrons. The summed E-state index contributed by atoms with van der Waals surface area (Å²) in [5, 5.41) is 20.8. The van der Waals surface area contributed by atoms with Gasteiger partial charge in [0.1, 0.15) is 0 Å². The van der Waals surface area contributed by atoms with Gasteiger partial charge >= 0.3 is 0 Å². The van der Waals surface area contributed by atoms with Gasteiger partial charge in [0.05, 0.1) is 33.6 Å². The molecule has 4 heterocycles. The summed E-state index contributed by atoms with van der Waals surface area (Å²) < 4.78 is 5.08. The Labute approximate surface area is 287 Å². The molecule has 0 aliphatic carbocycles. The van der Waals surface area contributed by atoms with Crippen molar-refractivity contribution in [2.24, 2.45) is 0 Å². The zero-order valence-corrected chi connectivity index (χ0v) is 27.1. The molecule has 0 saturated carbocycles. The number of para-hydroxylation sites is 2. The van der Waals surface area contributed by atoms with E-state index in [0.29, 0.717) is 0 Å². The summed E-state index contributed by atoms with van der Waals surface area (Å²) in [6, 6.07) is 58.1. The fourth-order valence-corrected chi connectivity index (χ4v) is 9.37. The van der Waals surface area contributed by atoms with Gasteiger partial charge in [-0.05, 0) is 56.9 Å². The van der Waals surface area contributed by atoms with Gasteiger partial charge in [0.25, 0.3) is 0 Å². The number of anilines is 1. The summed E-state index contributed by atoms with van der Waals surface area (Å²) in [7, 11) is 0. The van der Waals surface area contributed by atoms with E-state index < -0.39 is 0 Å². The van der Waals surface area contributed by atoms with Crippen LogP contribution in [0.4, 0.5) is 5.69 Å². The number of nitrogens with zero attached hydrogens (tertiary/aromatic N) is 2. The Bertz CT molecular complexity index is 3170. The number of nitrogens with one attached hydrogen (secondary N) is 2. The second-order valence-electron chi connectivity index (χ2n) is 13.7. The maximum atomic E-state index is 4.04. The lowest BCUT2D eigenvalue weighted by molar-refractivity contribution is 0.417. The van der Waals surface area contributed by atoms with Crippen molar-refractivity contribution in [3.63, 3.8) is 0 Å². The SMILES string of the molecule is c1ccc(C2NC(n3c4cccc5c6cccc7c8c9ccccc9c9ccccc9c8n(c8cccc3c8c54)c67)Nc3ccccc32)cc1. The quantitative estimate of drug-likeness (QED) is 0.185. The van der Waals surface area contributed by atoms with Crippen molar-refractivity contribution >= 4 is 87.1 Å². The van der Waals surface area contributed by atoms with Gasteiger partial charge in [-0.25, -0.2) is 0 Å². The summed E-state index contributed by atoms with van der Waals surface area (Å²) in [6.07, 6.45) is -0.179. The van der Waals surface area contributed by atoms with Crippen LogP contribution in [0.3, 0.4) is 0 Å². The van der Waals surface area contributed by atoms with Crippen LogP contribution in [0.1, 0.15) is 23.5 Å². The number of fused-ring (bicyclic) bond motifs is 11. The fourth-order valence-electron chi connectivity index (χ4n) is 9.37. The van der Waals surface area contributed by atoms with E-state index in [4.69, 9.17) is 0 Å². The lowest BCUT2D eigenvalue weighted by Gasteiger charge is -2.36. The summed E-state index contributed by atoms with van der Waals surface area (Å²) >= 11 is 0. The van der Waals surface area contributed by atoms with Gasteiger partial charge < -0.3 is 14.3 Å². The number of rotatable bonds is 2. The van der Waals surface area contributed by atoms with Crippen LogP contribution in [0, 0.1) is 0 Å². The summed E-state index contributed by atoms with van der Waals surface area (Å²) in [5.41, 5.74) is 9.85. The third-order valence-corrected chi connectivity index (χ3v) is 11.3. The number of hydrogen-bond acceptors (Lipinski definition) is 2. The van der Waals surface area contributed by atoms with Crippen LogP contribution in [-0.4, -0.2) is 8.97 Å². The maximum absolute atomic E-state index is 4.04. The first kappa shape index (κ1) is 26.6. The molecule has 3 aromatic heterocycles. The molecular formula is C46H30N4. The average Bonchev–Trinajstić information content (AvgIpc) is 3.68. The molecule has 2 atom stereocenters. The van der Waals surface area contributed by atoms with Crippen molar-refractivity contribution in [3.8, 4) is 0 Å². The first-order chi connectivity index (χ1) is 24.8. The first-order valence-corrected chi connectivity index (χ1v) is 17.4. The zero-order chi connectivity index (χ0) is 32.5. The van der Waals surface area contributed by atoms with Gasteiger partial charge in [-0.1, -0.05) is 133 Å². The van der Waals surface area contributed by atoms with E-state index in [9.17, 15) is 0 Å². The normalized spacial score (nSPS) is 16.5. The summed E-state index contributed by atoms with van der Waals surface area (Å²) in [6.45, 7) is 0. The molecule has 8 aromatic carbocycles. The summed E-state index contributed by atoms with van der Waals surface area (Å²) in [5.74, 6) is 0. The lowest BCUT2D eigenvalue weighted by atomic mass is 9.95. The van der Waals surface area contributed by atoms with Crippen LogP contribution in [0.25, 0.3) is 81.4 Å². The molecule has 11 aromatic rings. The van der Waals surface area contributed by atoms with E-state index in [1.165, 1.54) is 92.6 Å². The molecule has 4 heteroatoms. The largest absolute Gasteiger partial charge is 0.352 e. The monoisotopic (exact) mass is 638 g/mol. The molecular weight excluding hydrogens is 609 g/mol. The van der Waals surface area contributed by atoms with E-state index in [0.717, 1.165) is 5.69 Å². The number of hydrogen-bond donors (Lipinski definition) is 2. The topological polar surface area (TPSA) is 33.4 Å². The Balaban J connectivity index is 1.27. The molecule has 0 bridgehead atoms. The van der Waals surface area contributed by atoms with Crippen LogP contribution in [0.5, 0.6) is 0 Å². The predicted molar refractivity (Wildman–Crippen MR) is 210 cm³/mol. The molecule has 0 spiro atoms. The highest BCUT2D eigenvalue weighted by molar-refractivity contribution is 6.37. The highest BCUT2D eigenvalue weighted by atomic mass is 15.3. The lowest BCUT2D eigenvalue weighted by Crippen LogP contribution is -2.40. The zero-order valence-electron chi connectivity index (χ0n) is 27.1. The number of aromatic nitrogens is 2. The Morgan fingerprint density at radius 1 is 0.400 bits per heavy atom. The molecule has 0 fully saturated rings. The first-order valence-electron chi connectivity index (χ1n) is 17.4. The van der Waals surface area contributed by atoms with Crippen LogP contribution in [0.2, 0.25) is 0 Å². The smallest absolute Gasteiger partial charge is 0.160 e. The minimum atomic E-state index is -0.179. The van der Waals surface area contributed by atoms with Crippen molar-refractivity contribution in [3.05, 3.63) is 169 Å². The van der Waals surface area contributed by atoms with Crippen LogP contribution < -0.4 is 10.6 Å². The Morgan fingerprint density at radius 2 is 0.960 bits per heavy atom. The third kappa shape index (κ3) is 3.29. The van der Waals surface area contributed by atoms with Crippen molar-refractivity contribution in [2.75, 3.05) is 5.32 Å². The van der Waals surface area contributed by atoms with Crippen LogP contribution >= 0.6 is 0 Å². The molecule has 2 unspecified atom stereocenters. The fraction of sp³-hybridized carbons (Fsp3) is 0.0435.